The summed E-state index contributed by atoms with van der Waals surface area (Å²) in [5.41, 5.74) is 1.46. The van der Waals surface area contributed by atoms with E-state index in [2.05, 4.69) is 15.6 Å². The smallest absolute Gasteiger partial charge is 0.341 e. The first kappa shape index (κ1) is 17.7. The van der Waals surface area contributed by atoms with Gasteiger partial charge in [0.25, 0.3) is 0 Å². The van der Waals surface area contributed by atoms with Crippen LogP contribution in [0.3, 0.4) is 0 Å². The molecule has 26 heavy (non-hydrogen) atoms. The average molecular weight is 359 g/mol. The Morgan fingerprint density at radius 3 is 2.73 bits per heavy atom. The summed E-state index contributed by atoms with van der Waals surface area (Å²) in [4.78, 5) is 15.8. The van der Waals surface area contributed by atoms with Gasteiger partial charge in [0.05, 0.1) is 13.7 Å². The van der Waals surface area contributed by atoms with Crippen molar-refractivity contribution in [2.75, 3.05) is 21.0 Å². The minimum atomic E-state index is -0.414. The first-order valence-electron chi connectivity index (χ1n) is 8.11. The van der Waals surface area contributed by atoms with Gasteiger partial charge in [0.15, 0.2) is 17.5 Å². The number of ether oxygens (including phenoxy) is 3. The SMILES string of the molecule is CN=C(NCc1ccc2c(c1)OCO2)NCc1cc(C(=O)OC)c(C)o1. The Labute approximate surface area is 151 Å². The van der Waals surface area contributed by atoms with E-state index in [4.69, 9.17) is 18.6 Å². The van der Waals surface area contributed by atoms with E-state index >= 15 is 0 Å². The van der Waals surface area contributed by atoms with E-state index in [1.165, 1.54) is 7.11 Å². The van der Waals surface area contributed by atoms with Crippen LogP contribution in [0.1, 0.15) is 27.4 Å². The monoisotopic (exact) mass is 359 g/mol. The van der Waals surface area contributed by atoms with Crippen molar-refractivity contribution < 1.29 is 23.4 Å². The first-order valence-corrected chi connectivity index (χ1v) is 8.11. The molecule has 0 saturated heterocycles. The van der Waals surface area contributed by atoms with Crippen molar-refractivity contribution in [2.45, 2.75) is 20.0 Å². The van der Waals surface area contributed by atoms with Gasteiger partial charge in [-0.2, -0.15) is 0 Å². The molecule has 0 unspecified atom stereocenters. The number of aliphatic imine (C=N–C) groups is 1. The summed E-state index contributed by atoms with van der Waals surface area (Å²) in [6.07, 6.45) is 0. The van der Waals surface area contributed by atoms with Crippen molar-refractivity contribution in [1.29, 1.82) is 0 Å². The number of benzene rings is 1. The van der Waals surface area contributed by atoms with E-state index < -0.39 is 5.97 Å². The van der Waals surface area contributed by atoms with Gasteiger partial charge in [-0.05, 0) is 30.7 Å². The zero-order valence-corrected chi connectivity index (χ0v) is 14.9. The molecular formula is C18H21N3O5. The van der Waals surface area contributed by atoms with Crippen LogP contribution in [0.15, 0.2) is 33.7 Å². The zero-order valence-electron chi connectivity index (χ0n) is 14.9. The topological polar surface area (TPSA) is 94.3 Å². The summed E-state index contributed by atoms with van der Waals surface area (Å²) in [5.74, 6) is 2.84. The van der Waals surface area contributed by atoms with Crippen molar-refractivity contribution >= 4 is 11.9 Å². The maximum Gasteiger partial charge on any atom is 0.341 e. The third-order valence-electron chi connectivity index (χ3n) is 3.92. The fourth-order valence-corrected chi connectivity index (χ4v) is 2.57. The molecule has 138 valence electrons. The van der Waals surface area contributed by atoms with Crippen LogP contribution >= 0.6 is 0 Å². The van der Waals surface area contributed by atoms with Crippen molar-refractivity contribution in [2.24, 2.45) is 4.99 Å². The van der Waals surface area contributed by atoms with Gasteiger partial charge in [0, 0.05) is 13.6 Å². The van der Waals surface area contributed by atoms with Crippen LogP contribution in [-0.4, -0.2) is 32.9 Å². The average Bonchev–Trinajstić information content (AvgIpc) is 3.27. The van der Waals surface area contributed by atoms with E-state index in [0.29, 0.717) is 36.1 Å². The van der Waals surface area contributed by atoms with Crippen LogP contribution < -0.4 is 20.1 Å². The van der Waals surface area contributed by atoms with E-state index in [9.17, 15) is 4.79 Å². The number of hydrogen-bond acceptors (Lipinski definition) is 6. The molecule has 0 saturated carbocycles. The number of nitrogens with zero attached hydrogens (tertiary/aromatic N) is 1. The van der Waals surface area contributed by atoms with Gasteiger partial charge in [-0.25, -0.2) is 4.79 Å². The van der Waals surface area contributed by atoms with E-state index in [1.54, 1.807) is 20.0 Å². The summed E-state index contributed by atoms with van der Waals surface area (Å²) in [6, 6.07) is 7.45. The quantitative estimate of drug-likeness (QED) is 0.479. The Hall–Kier alpha value is -3.16. The van der Waals surface area contributed by atoms with Gasteiger partial charge in [-0.1, -0.05) is 6.07 Å². The molecule has 8 nitrogen and oxygen atoms in total. The van der Waals surface area contributed by atoms with Crippen molar-refractivity contribution in [3.8, 4) is 11.5 Å². The fourth-order valence-electron chi connectivity index (χ4n) is 2.57. The number of esters is 1. The Bertz CT molecular complexity index is 828. The number of nitrogens with one attached hydrogen (secondary N) is 2. The summed E-state index contributed by atoms with van der Waals surface area (Å²) in [5, 5.41) is 6.35. The van der Waals surface area contributed by atoms with Crippen LogP contribution in [0.2, 0.25) is 0 Å². The highest BCUT2D eigenvalue weighted by Gasteiger charge is 2.16. The highest BCUT2D eigenvalue weighted by atomic mass is 16.7. The second kappa shape index (κ2) is 7.81. The summed E-state index contributed by atoms with van der Waals surface area (Å²) < 4.78 is 21.0. The molecular weight excluding hydrogens is 338 g/mol. The molecule has 0 spiro atoms. The van der Waals surface area contributed by atoms with Crippen LogP contribution in [0.25, 0.3) is 0 Å². The molecule has 2 heterocycles. The Morgan fingerprint density at radius 2 is 1.96 bits per heavy atom. The molecule has 0 radical (unpaired) electrons. The molecule has 0 atom stereocenters. The predicted octanol–water partition coefficient (Wildman–Crippen LogP) is 1.97. The number of carbonyl (C=O) groups excluding carboxylic acids is 1. The lowest BCUT2D eigenvalue weighted by molar-refractivity contribution is 0.0599. The fraction of sp³-hybridized carbons (Fsp3) is 0.333. The molecule has 0 bridgehead atoms. The molecule has 1 aromatic heterocycles. The maximum atomic E-state index is 11.6. The number of aryl methyl sites for hydroxylation is 1. The molecule has 0 fully saturated rings. The molecule has 3 rings (SSSR count). The maximum absolute atomic E-state index is 11.6. The normalized spacial score (nSPS) is 12.8. The summed E-state index contributed by atoms with van der Waals surface area (Å²) >= 11 is 0. The second-order valence-electron chi connectivity index (χ2n) is 5.64. The van der Waals surface area contributed by atoms with E-state index in [-0.39, 0.29) is 6.79 Å². The highest BCUT2D eigenvalue weighted by molar-refractivity contribution is 5.90. The molecule has 0 aliphatic carbocycles. The molecule has 8 heteroatoms. The van der Waals surface area contributed by atoms with Gasteiger partial charge in [-0.3, -0.25) is 4.99 Å². The molecule has 1 aromatic carbocycles. The van der Waals surface area contributed by atoms with Crippen molar-refractivity contribution in [3.63, 3.8) is 0 Å². The number of furan rings is 1. The first-order chi connectivity index (χ1) is 12.6. The molecule has 2 aromatic rings. The van der Waals surface area contributed by atoms with Crippen molar-refractivity contribution in [3.05, 3.63) is 46.9 Å². The molecule has 2 N–H and O–H groups in total. The van der Waals surface area contributed by atoms with Gasteiger partial charge in [0.2, 0.25) is 6.79 Å². The number of rotatable bonds is 5. The van der Waals surface area contributed by atoms with Gasteiger partial charge in [0.1, 0.15) is 17.1 Å². The lowest BCUT2D eigenvalue weighted by Crippen LogP contribution is -2.36. The molecule has 0 amide bonds. The third kappa shape index (κ3) is 3.90. The van der Waals surface area contributed by atoms with Gasteiger partial charge >= 0.3 is 5.97 Å². The van der Waals surface area contributed by atoms with Crippen LogP contribution in [0, 0.1) is 6.92 Å². The number of carbonyl (C=O) groups is 1. The van der Waals surface area contributed by atoms with E-state index in [1.807, 2.05) is 18.2 Å². The summed E-state index contributed by atoms with van der Waals surface area (Å²) in [7, 11) is 3.02. The van der Waals surface area contributed by atoms with Crippen molar-refractivity contribution in [1.82, 2.24) is 10.6 Å². The minimum Gasteiger partial charge on any atom is -0.465 e. The van der Waals surface area contributed by atoms with Crippen LogP contribution in [0.4, 0.5) is 0 Å². The minimum absolute atomic E-state index is 0.256. The third-order valence-corrected chi connectivity index (χ3v) is 3.92. The number of methoxy groups -OCH3 is 1. The number of hydrogen-bond donors (Lipinski definition) is 2. The molecule has 1 aliphatic rings. The van der Waals surface area contributed by atoms with Gasteiger partial charge < -0.3 is 29.3 Å². The predicted molar refractivity (Wildman–Crippen MR) is 94.4 cm³/mol. The second-order valence-corrected chi connectivity index (χ2v) is 5.64. The standard InChI is InChI=1S/C18H21N3O5/c1-11-14(17(22)23-3)7-13(26-11)9-21-18(19-2)20-8-12-4-5-15-16(6-12)25-10-24-15/h4-7H,8-10H2,1-3H3,(H2,19,20,21). The van der Waals surface area contributed by atoms with Gasteiger partial charge in [-0.15, -0.1) is 0 Å². The Balaban J connectivity index is 1.54. The highest BCUT2D eigenvalue weighted by Crippen LogP contribution is 2.32. The van der Waals surface area contributed by atoms with Crippen LogP contribution in [-0.2, 0) is 17.8 Å². The number of fused-ring (bicyclic) bond motifs is 1. The van der Waals surface area contributed by atoms with Crippen LogP contribution in [0.5, 0.6) is 11.5 Å². The molecule has 1 aliphatic heterocycles. The Kier molecular flexibility index (Phi) is 5.31. The lowest BCUT2D eigenvalue weighted by Gasteiger charge is -2.11. The largest absolute Gasteiger partial charge is 0.465 e. The Morgan fingerprint density at radius 1 is 1.19 bits per heavy atom. The number of guanidine groups is 1. The zero-order chi connectivity index (χ0) is 18.5. The lowest BCUT2D eigenvalue weighted by atomic mass is 10.2. The summed E-state index contributed by atoms with van der Waals surface area (Å²) in [6.45, 7) is 2.94. The van der Waals surface area contributed by atoms with E-state index in [0.717, 1.165) is 17.1 Å².